The monoisotopic (exact) mass is 316 g/mol. The zero-order valence-electron chi connectivity index (χ0n) is 11.0. The van der Waals surface area contributed by atoms with Crippen molar-refractivity contribution in [1.82, 2.24) is 4.98 Å². The van der Waals surface area contributed by atoms with Crippen LogP contribution in [0.5, 0.6) is 0 Å². The van der Waals surface area contributed by atoms with E-state index >= 15 is 0 Å². The molecule has 0 saturated heterocycles. The zero-order chi connectivity index (χ0) is 12.8. The van der Waals surface area contributed by atoms with E-state index in [0.29, 0.717) is 6.04 Å². The molecule has 17 heavy (non-hydrogen) atoms. The first kappa shape index (κ1) is 14.8. The molecular weight excluding hydrogens is 296 g/mol. The van der Waals surface area contributed by atoms with Crippen LogP contribution < -0.4 is 4.90 Å². The molecule has 0 radical (unpaired) electrons. The number of aryl methyl sites for hydroxylation is 1. The van der Waals surface area contributed by atoms with Gasteiger partial charge in [-0.05, 0) is 30.7 Å². The van der Waals surface area contributed by atoms with Gasteiger partial charge in [0.15, 0.2) is 0 Å². The Bertz CT molecular complexity index is 357. The highest BCUT2D eigenvalue weighted by Crippen LogP contribution is 2.22. The molecule has 0 aromatic carbocycles. The molecule has 0 amide bonds. The number of aromatic nitrogens is 1. The van der Waals surface area contributed by atoms with Crippen LogP contribution in [0.25, 0.3) is 0 Å². The minimum Gasteiger partial charge on any atom is -0.356 e. The van der Waals surface area contributed by atoms with Crippen molar-refractivity contribution < 1.29 is 0 Å². The molecule has 0 bridgehead atoms. The van der Waals surface area contributed by atoms with Gasteiger partial charge in [-0.25, -0.2) is 4.98 Å². The normalized spacial score (nSPS) is 12.5. The average Bonchev–Trinajstić information content (AvgIpc) is 2.35. The van der Waals surface area contributed by atoms with Crippen LogP contribution in [-0.2, 0) is 5.33 Å². The molecule has 1 rings (SSSR count). The van der Waals surface area contributed by atoms with Crippen molar-refractivity contribution in [1.29, 1.82) is 0 Å². The Kier molecular flexibility index (Phi) is 6.34. The van der Waals surface area contributed by atoms with Crippen LogP contribution in [0.15, 0.2) is 12.3 Å². The summed E-state index contributed by atoms with van der Waals surface area (Å²) in [4.78, 5) is 6.90. The van der Waals surface area contributed by atoms with Crippen LogP contribution in [0.4, 0.5) is 5.82 Å². The quantitative estimate of drug-likeness (QED) is 0.741. The van der Waals surface area contributed by atoms with Gasteiger partial charge in [0.25, 0.3) is 0 Å². The number of hydrogen-bond donors (Lipinski definition) is 0. The van der Waals surface area contributed by atoms with Crippen LogP contribution in [0.3, 0.4) is 0 Å². The van der Waals surface area contributed by atoms with Crippen molar-refractivity contribution >= 4 is 33.5 Å². The second-order valence-corrected chi connectivity index (χ2v) is 5.72. The van der Waals surface area contributed by atoms with Gasteiger partial charge in [-0.2, -0.15) is 11.8 Å². The predicted octanol–water partition coefficient (Wildman–Crippen LogP) is 3.86. The summed E-state index contributed by atoms with van der Waals surface area (Å²) in [5.41, 5.74) is 2.49. The molecule has 2 nitrogen and oxygen atoms in total. The van der Waals surface area contributed by atoms with E-state index in [1.165, 1.54) is 11.1 Å². The third-order valence-corrected chi connectivity index (χ3v) is 4.34. The lowest BCUT2D eigenvalue weighted by Gasteiger charge is -2.29. The number of thioether (sulfide) groups is 1. The summed E-state index contributed by atoms with van der Waals surface area (Å²) in [7, 11) is 2.15. The summed E-state index contributed by atoms with van der Waals surface area (Å²) in [5, 5.41) is 0.868. The van der Waals surface area contributed by atoms with Crippen molar-refractivity contribution in [2.45, 2.75) is 31.6 Å². The first-order chi connectivity index (χ1) is 8.13. The Hall–Kier alpha value is -0.220. The van der Waals surface area contributed by atoms with Gasteiger partial charge in [-0.1, -0.05) is 28.9 Å². The zero-order valence-corrected chi connectivity index (χ0v) is 13.4. The summed E-state index contributed by atoms with van der Waals surface area (Å²) < 4.78 is 0. The second-order valence-electron chi connectivity index (χ2n) is 4.25. The lowest BCUT2D eigenvalue weighted by Crippen LogP contribution is -2.34. The molecule has 0 aliphatic heterocycles. The topological polar surface area (TPSA) is 16.1 Å². The molecule has 0 aliphatic carbocycles. The number of rotatable bonds is 6. The lowest BCUT2D eigenvalue weighted by atomic mass is 10.1. The molecule has 0 N–H and O–H groups in total. The van der Waals surface area contributed by atoms with Gasteiger partial charge in [-0.3, -0.25) is 0 Å². The number of nitrogens with zero attached hydrogens (tertiary/aromatic N) is 2. The fourth-order valence-electron chi connectivity index (χ4n) is 1.94. The summed E-state index contributed by atoms with van der Waals surface area (Å²) in [6.07, 6.45) is 5.27. The Labute approximate surface area is 117 Å². The third kappa shape index (κ3) is 3.88. The molecule has 0 aliphatic rings. The van der Waals surface area contributed by atoms with E-state index < -0.39 is 0 Å². The van der Waals surface area contributed by atoms with Crippen LogP contribution in [0.1, 0.15) is 24.5 Å². The predicted molar refractivity (Wildman–Crippen MR) is 82.5 cm³/mol. The highest BCUT2D eigenvalue weighted by Gasteiger charge is 2.15. The van der Waals surface area contributed by atoms with Gasteiger partial charge in [0.05, 0.1) is 0 Å². The van der Waals surface area contributed by atoms with Gasteiger partial charge in [-0.15, -0.1) is 0 Å². The largest absolute Gasteiger partial charge is 0.356 e. The summed E-state index contributed by atoms with van der Waals surface area (Å²) in [6, 6.07) is 2.77. The summed E-state index contributed by atoms with van der Waals surface area (Å²) in [5.74, 6) is 2.25. The second kappa shape index (κ2) is 7.27. The van der Waals surface area contributed by atoms with Crippen molar-refractivity contribution in [2.24, 2.45) is 0 Å². The number of anilines is 1. The Morgan fingerprint density at radius 2 is 2.24 bits per heavy atom. The van der Waals surface area contributed by atoms with E-state index in [9.17, 15) is 0 Å². The minimum atomic E-state index is 0.561. The van der Waals surface area contributed by atoms with E-state index in [1.54, 1.807) is 0 Å². The SMILES string of the molecule is CCC(CSC)N(C)c1ncc(CBr)cc1C. The molecule has 0 fully saturated rings. The maximum atomic E-state index is 4.59. The van der Waals surface area contributed by atoms with Crippen LogP contribution in [-0.4, -0.2) is 30.1 Å². The Morgan fingerprint density at radius 1 is 1.53 bits per heavy atom. The molecule has 1 atom stereocenters. The van der Waals surface area contributed by atoms with Crippen molar-refractivity contribution in [2.75, 3.05) is 24.0 Å². The van der Waals surface area contributed by atoms with E-state index in [2.05, 4.69) is 59.0 Å². The van der Waals surface area contributed by atoms with E-state index in [0.717, 1.165) is 23.3 Å². The van der Waals surface area contributed by atoms with Gasteiger partial charge < -0.3 is 4.90 Å². The highest BCUT2D eigenvalue weighted by atomic mass is 79.9. The van der Waals surface area contributed by atoms with Crippen molar-refractivity contribution in [3.05, 3.63) is 23.4 Å². The molecule has 1 heterocycles. The van der Waals surface area contributed by atoms with Gasteiger partial charge in [0.2, 0.25) is 0 Å². The fourth-order valence-corrected chi connectivity index (χ4v) is 3.09. The number of hydrogen-bond acceptors (Lipinski definition) is 3. The molecule has 96 valence electrons. The number of halogens is 1. The van der Waals surface area contributed by atoms with Gasteiger partial charge in [0, 0.05) is 30.4 Å². The maximum absolute atomic E-state index is 4.59. The minimum absolute atomic E-state index is 0.561. The third-order valence-electron chi connectivity index (χ3n) is 2.97. The average molecular weight is 317 g/mol. The molecule has 0 saturated carbocycles. The van der Waals surface area contributed by atoms with Gasteiger partial charge in [0.1, 0.15) is 5.82 Å². The molecular formula is C13H21BrN2S. The first-order valence-electron chi connectivity index (χ1n) is 5.87. The van der Waals surface area contributed by atoms with E-state index in [-0.39, 0.29) is 0 Å². The molecule has 1 unspecified atom stereocenters. The van der Waals surface area contributed by atoms with Crippen molar-refractivity contribution in [3.8, 4) is 0 Å². The standard InChI is InChI=1S/C13H21BrN2S/c1-5-12(9-17-4)16(3)13-10(2)6-11(7-14)8-15-13/h6,8,12H,5,7,9H2,1-4H3. The summed E-state index contributed by atoms with van der Waals surface area (Å²) >= 11 is 5.36. The van der Waals surface area contributed by atoms with Gasteiger partial charge >= 0.3 is 0 Å². The number of pyridine rings is 1. The van der Waals surface area contributed by atoms with Crippen molar-refractivity contribution in [3.63, 3.8) is 0 Å². The summed E-state index contributed by atoms with van der Waals surface area (Å²) in [6.45, 7) is 4.37. The molecule has 1 aromatic rings. The van der Waals surface area contributed by atoms with Crippen LogP contribution in [0.2, 0.25) is 0 Å². The molecule has 4 heteroatoms. The van der Waals surface area contributed by atoms with Crippen LogP contribution >= 0.6 is 27.7 Å². The van der Waals surface area contributed by atoms with E-state index in [1.807, 2.05) is 18.0 Å². The first-order valence-corrected chi connectivity index (χ1v) is 8.38. The van der Waals surface area contributed by atoms with Crippen LogP contribution in [0, 0.1) is 6.92 Å². The number of alkyl halides is 1. The molecule has 1 aromatic heterocycles. The molecule has 0 spiro atoms. The highest BCUT2D eigenvalue weighted by molar-refractivity contribution is 9.08. The van der Waals surface area contributed by atoms with E-state index in [4.69, 9.17) is 0 Å². The maximum Gasteiger partial charge on any atom is 0.131 e. The Morgan fingerprint density at radius 3 is 2.71 bits per heavy atom. The fraction of sp³-hybridized carbons (Fsp3) is 0.615. The lowest BCUT2D eigenvalue weighted by molar-refractivity contribution is 0.664. The Balaban J connectivity index is 2.90. The smallest absolute Gasteiger partial charge is 0.131 e.